The second kappa shape index (κ2) is 8.26. The molecule has 1 saturated heterocycles. The lowest BCUT2D eigenvalue weighted by atomic mass is 10.2. The molecule has 1 fully saturated rings. The number of amides is 1. The van der Waals surface area contributed by atoms with Gasteiger partial charge in [0.1, 0.15) is 5.75 Å². The molecule has 1 aliphatic rings. The molecule has 2 aromatic carbocycles. The summed E-state index contributed by atoms with van der Waals surface area (Å²) in [5, 5.41) is 3.25. The van der Waals surface area contributed by atoms with Gasteiger partial charge in [0.25, 0.3) is 10.2 Å². The lowest BCUT2D eigenvalue weighted by Gasteiger charge is -2.18. The number of hydrogen-bond acceptors (Lipinski definition) is 4. The summed E-state index contributed by atoms with van der Waals surface area (Å²) in [6.07, 6.45) is 0. The van der Waals surface area contributed by atoms with Crippen LogP contribution in [0, 0.1) is 0 Å². The van der Waals surface area contributed by atoms with Crippen LogP contribution in [0.2, 0.25) is 5.02 Å². The molecule has 0 radical (unpaired) electrons. The van der Waals surface area contributed by atoms with Crippen LogP contribution in [0.5, 0.6) is 5.75 Å². The Bertz CT molecular complexity index is 936. The number of carbonyl (C=O) groups is 1. The zero-order chi connectivity index (χ0) is 19.4. The molecular weight excluding hydrogens is 390 g/mol. The SMILES string of the molecule is COc1cccc(NC(=O)CN2CCN(Cc3cccc(Cl)c3)S2(=O)=O)c1. The van der Waals surface area contributed by atoms with Crippen molar-refractivity contribution in [2.24, 2.45) is 0 Å². The fraction of sp³-hybridized carbons (Fsp3) is 0.278. The van der Waals surface area contributed by atoms with Crippen molar-refractivity contribution in [1.29, 1.82) is 0 Å². The van der Waals surface area contributed by atoms with Crippen LogP contribution in [-0.2, 0) is 21.5 Å². The second-order valence-electron chi connectivity index (χ2n) is 6.08. The molecule has 1 aliphatic heterocycles. The molecule has 9 heteroatoms. The quantitative estimate of drug-likeness (QED) is 0.794. The summed E-state index contributed by atoms with van der Waals surface area (Å²) in [5.74, 6) is 0.200. The molecular formula is C18H20ClN3O4S. The van der Waals surface area contributed by atoms with Gasteiger partial charge in [-0.15, -0.1) is 0 Å². The van der Waals surface area contributed by atoms with Crippen LogP contribution in [-0.4, -0.2) is 49.7 Å². The maximum Gasteiger partial charge on any atom is 0.282 e. The maximum atomic E-state index is 12.7. The number of hydrogen-bond donors (Lipinski definition) is 1. The lowest BCUT2D eigenvalue weighted by molar-refractivity contribution is -0.116. The molecule has 2 aromatic rings. The van der Waals surface area contributed by atoms with E-state index in [4.69, 9.17) is 16.3 Å². The fourth-order valence-corrected chi connectivity index (χ4v) is 4.60. The highest BCUT2D eigenvalue weighted by molar-refractivity contribution is 7.87. The summed E-state index contributed by atoms with van der Waals surface area (Å²) >= 11 is 5.96. The number of anilines is 1. The molecule has 0 saturated carbocycles. The highest BCUT2D eigenvalue weighted by Gasteiger charge is 2.37. The second-order valence-corrected chi connectivity index (χ2v) is 8.45. The van der Waals surface area contributed by atoms with E-state index in [2.05, 4.69) is 5.32 Å². The van der Waals surface area contributed by atoms with Crippen molar-refractivity contribution >= 4 is 33.4 Å². The number of rotatable bonds is 6. The number of halogens is 1. The van der Waals surface area contributed by atoms with Crippen molar-refractivity contribution in [2.45, 2.75) is 6.54 Å². The third-order valence-corrected chi connectivity index (χ3v) is 6.34. The molecule has 0 unspecified atom stereocenters. The average Bonchev–Trinajstić information content (AvgIpc) is 2.89. The van der Waals surface area contributed by atoms with Crippen LogP contribution >= 0.6 is 11.6 Å². The molecule has 27 heavy (non-hydrogen) atoms. The van der Waals surface area contributed by atoms with Crippen molar-refractivity contribution in [2.75, 3.05) is 32.1 Å². The molecule has 0 atom stereocenters. The van der Waals surface area contributed by atoms with Crippen LogP contribution in [0.3, 0.4) is 0 Å². The van der Waals surface area contributed by atoms with Gasteiger partial charge in [-0.1, -0.05) is 29.8 Å². The van der Waals surface area contributed by atoms with Crippen molar-refractivity contribution in [3.8, 4) is 5.75 Å². The van der Waals surface area contributed by atoms with E-state index in [0.717, 1.165) is 5.56 Å². The van der Waals surface area contributed by atoms with Crippen molar-refractivity contribution in [1.82, 2.24) is 8.61 Å². The van der Waals surface area contributed by atoms with Gasteiger partial charge in [0.2, 0.25) is 5.91 Å². The van der Waals surface area contributed by atoms with Crippen molar-refractivity contribution in [3.05, 3.63) is 59.1 Å². The Kier molecular flexibility index (Phi) is 6.01. The largest absolute Gasteiger partial charge is 0.497 e. The zero-order valence-electron chi connectivity index (χ0n) is 14.8. The Morgan fingerprint density at radius 3 is 2.63 bits per heavy atom. The van der Waals surface area contributed by atoms with E-state index in [9.17, 15) is 13.2 Å². The van der Waals surface area contributed by atoms with Gasteiger partial charge >= 0.3 is 0 Å². The number of nitrogens with zero attached hydrogens (tertiary/aromatic N) is 2. The molecule has 1 heterocycles. The topological polar surface area (TPSA) is 79.0 Å². The summed E-state index contributed by atoms with van der Waals surface area (Å²) in [6, 6.07) is 13.9. The Balaban J connectivity index is 1.63. The smallest absolute Gasteiger partial charge is 0.282 e. The first-order chi connectivity index (χ1) is 12.9. The number of benzene rings is 2. The summed E-state index contributed by atoms with van der Waals surface area (Å²) in [7, 11) is -2.17. The van der Waals surface area contributed by atoms with Gasteiger partial charge in [0.05, 0.1) is 13.7 Å². The van der Waals surface area contributed by atoms with E-state index in [0.29, 0.717) is 23.0 Å². The first kappa shape index (κ1) is 19.6. The predicted molar refractivity (Wildman–Crippen MR) is 104 cm³/mol. The minimum atomic E-state index is -3.70. The highest BCUT2D eigenvalue weighted by Crippen LogP contribution is 2.21. The van der Waals surface area contributed by atoms with Gasteiger partial charge in [-0.2, -0.15) is 17.0 Å². The molecule has 0 aromatic heterocycles. The first-order valence-corrected chi connectivity index (χ1v) is 10.1. The standard InChI is InChI=1S/C18H20ClN3O4S/c1-26-17-7-3-6-16(11-17)20-18(23)13-22-9-8-21(27(22,24)25)12-14-4-2-5-15(19)10-14/h2-7,10-11H,8-9,12-13H2,1H3,(H,20,23). The van der Waals surface area contributed by atoms with E-state index in [1.165, 1.54) is 15.7 Å². The maximum absolute atomic E-state index is 12.7. The molecule has 0 spiro atoms. The van der Waals surface area contributed by atoms with Gasteiger partial charge in [0.15, 0.2) is 0 Å². The van der Waals surface area contributed by atoms with Crippen molar-refractivity contribution in [3.63, 3.8) is 0 Å². The molecule has 7 nitrogen and oxygen atoms in total. The first-order valence-electron chi connectivity index (χ1n) is 8.32. The minimum Gasteiger partial charge on any atom is -0.497 e. The van der Waals surface area contributed by atoms with Crippen LogP contribution in [0.25, 0.3) is 0 Å². The zero-order valence-corrected chi connectivity index (χ0v) is 16.3. The van der Waals surface area contributed by atoms with Crippen LogP contribution < -0.4 is 10.1 Å². The number of ether oxygens (including phenoxy) is 1. The lowest BCUT2D eigenvalue weighted by Crippen LogP contribution is -2.37. The van der Waals surface area contributed by atoms with Gasteiger partial charge in [-0.25, -0.2) is 0 Å². The van der Waals surface area contributed by atoms with E-state index < -0.39 is 16.1 Å². The van der Waals surface area contributed by atoms with Gasteiger partial charge in [-0.3, -0.25) is 4.79 Å². The minimum absolute atomic E-state index is 0.219. The van der Waals surface area contributed by atoms with Crippen LogP contribution in [0.4, 0.5) is 5.69 Å². The summed E-state index contributed by atoms with van der Waals surface area (Å²) in [4.78, 5) is 12.3. The molecule has 0 aliphatic carbocycles. The van der Waals surface area contributed by atoms with Gasteiger partial charge in [-0.05, 0) is 29.8 Å². The van der Waals surface area contributed by atoms with E-state index in [-0.39, 0.29) is 19.6 Å². The van der Waals surface area contributed by atoms with Crippen molar-refractivity contribution < 1.29 is 17.9 Å². The fourth-order valence-electron chi connectivity index (χ4n) is 2.84. The summed E-state index contributed by atoms with van der Waals surface area (Å²) in [5.41, 5.74) is 1.35. The number of carbonyl (C=O) groups excluding carboxylic acids is 1. The molecule has 1 amide bonds. The molecule has 0 bridgehead atoms. The van der Waals surface area contributed by atoms with Gasteiger partial charge < -0.3 is 10.1 Å². The third kappa shape index (κ3) is 4.78. The number of nitrogens with one attached hydrogen (secondary N) is 1. The Hall–Kier alpha value is -2.13. The van der Waals surface area contributed by atoms with E-state index in [1.54, 1.807) is 42.5 Å². The molecule has 1 N–H and O–H groups in total. The summed E-state index contributed by atoms with van der Waals surface area (Å²) < 4.78 is 33.0. The Labute approximate surface area is 163 Å². The van der Waals surface area contributed by atoms with E-state index >= 15 is 0 Å². The monoisotopic (exact) mass is 409 g/mol. The molecule has 3 rings (SSSR count). The van der Waals surface area contributed by atoms with E-state index in [1.807, 2.05) is 6.07 Å². The third-order valence-electron chi connectivity index (χ3n) is 4.17. The highest BCUT2D eigenvalue weighted by atomic mass is 35.5. The van der Waals surface area contributed by atoms with Gasteiger partial charge in [0, 0.05) is 36.4 Å². The Morgan fingerprint density at radius 1 is 1.15 bits per heavy atom. The van der Waals surface area contributed by atoms with Crippen LogP contribution in [0.1, 0.15) is 5.56 Å². The average molecular weight is 410 g/mol. The Morgan fingerprint density at radius 2 is 1.89 bits per heavy atom. The predicted octanol–water partition coefficient (Wildman–Crippen LogP) is 2.35. The number of methoxy groups -OCH3 is 1. The summed E-state index contributed by atoms with van der Waals surface area (Å²) in [6.45, 7) is 0.554. The normalized spacial score (nSPS) is 17.0. The molecule has 144 valence electrons. The van der Waals surface area contributed by atoms with Crippen LogP contribution in [0.15, 0.2) is 48.5 Å².